The van der Waals surface area contributed by atoms with Crippen LogP contribution in [0.5, 0.6) is 11.5 Å². The lowest BCUT2D eigenvalue weighted by molar-refractivity contribution is 0.0857. The van der Waals surface area contributed by atoms with Crippen LogP contribution in [-0.2, 0) is 12.8 Å². The largest absolute Gasteiger partial charge is 0.493 e. The molecule has 2 rings (SSSR count). The van der Waals surface area contributed by atoms with Crippen molar-refractivity contribution in [3.05, 3.63) is 59.7 Å². The summed E-state index contributed by atoms with van der Waals surface area (Å²) in [5, 5.41) is 10.1. The molecule has 0 aliphatic rings. The summed E-state index contributed by atoms with van der Waals surface area (Å²) in [7, 11) is 0. The van der Waals surface area contributed by atoms with Crippen molar-refractivity contribution in [3.8, 4) is 11.5 Å². The zero-order chi connectivity index (χ0) is 20.7. The van der Waals surface area contributed by atoms with E-state index in [2.05, 4.69) is 38.1 Å². The van der Waals surface area contributed by atoms with E-state index in [-0.39, 0.29) is 6.61 Å². The van der Waals surface area contributed by atoms with E-state index in [0.29, 0.717) is 13.0 Å². The maximum absolute atomic E-state index is 10.1. The summed E-state index contributed by atoms with van der Waals surface area (Å²) < 4.78 is 11.5. The first kappa shape index (κ1) is 23.3. The molecule has 0 fully saturated rings. The number of rotatable bonds is 15. The van der Waals surface area contributed by atoms with Crippen molar-refractivity contribution in [3.63, 3.8) is 0 Å². The molecule has 3 nitrogen and oxygen atoms in total. The molecule has 0 bridgehead atoms. The second kappa shape index (κ2) is 14.1. The van der Waals surface area contributed by atoms with Crippen molar-refractivity contribution < 1.29 is 14.6 Å². The molecule has 0 aromatic heterocycles. The van der Waals surface area contributed by atoms with E-state index in [9.17, 15) is 5.11 Å². The number of hydrogen-bond donors (Lipinski definition) is 1. The summed E-state index contributed by atoms with van der Waals surface area (Å²) in [6, 6.07) is 16.5. The van der Waals surface area contributed by atoms with Crippen molar-refractivity contribution in [2.24, 2.45) is 0 Å². The molecular weight excluding hydrogens is 360 g/mol. The second-order valence-electron chi connectivity index (χ2n) is 7.80. The van der Waals surface area contributed by atoms with Gasteiger partial charge in [0.15, 0.2) is 0 Å². The number of hydrogen-bond acceptors (Lipinski definition) is 3. The van der Waals surface area contributed by atoms with Crippen LogP contribution in [0.2, 0.25) is 0 Å². The molecule has 2 aromatic rings. The van der Waals surface area contributed by atoms with Gasteiger partial charge in [-0.3, -0.25) is 0 Å². The molecule has 0 aliphatic carbocycles. The van der Waals surface area contributed by atoms with Gasteiger partial charge in [0.1, 0.15) is 18.1 Å². The van der Waals surface area contributed by atoms with Crippen LogP contribution in [0, 0.1) is 0 Å². The lowest BCUT2D eigenvalue weighted by atomic mass is 10.1. The Morgan fingerprint density at radius 2 is 1.17 bits per heavy atom. The van der Waals surface area contributed by atoms with Gasteiger partial charge >= 0.3 is 0 Å². The molecule has 0 saturated heterocycles. The van der Waals surface area contributed by atoms with Gasteiger partial charge in [0.25, 0.3) is 0 Å². The van der Waals surface area contributed by atoms with E-state index < -0.39 is 6.10 Å². The van der Waals surface area contributed by atoms with Crippen LogP contribution >= 0.6 is 0 Å². The summed E-state index contributed by atoms with van der Waals surface area (Å²) in [4.78, 5) is 0. The molecule has 1 unspecified atom stereocenters. The number of ether oxygens (including phenoxy) is 2. The summed E-state index contributed by atoms with van der Waals surface area (Å²) in [5.41, 5.74) is 2.70. The molecule has 29 heavy (non-hydrogen) atoms. The highest BCUT2D eigenvalue weighted by Gasteiger charge is 2.06. The highest BCUT2D eigenvalue weighted by atomic mass is 16.5. The molecule has 0 saturated carbocycles. The molecule has 3 heteroatoms. The van der Waals surface area contributed by atoms with Gasteiger partial charge in [-0.05, 0) is 61.1 Å². The van der Waals surface area contributed by atoms with Crippen molar-refractivity contribution >= 4 is 0 Å². The molecule has 0 amide bonds. The van der Waals surface area contributed by atoms with E-state index >= 15 is 0 Å². The number of unbranched alkanes of at least 4 members (excludes halogenated alkanes) is 4. The Kier molecular flexibility index (Phi) is 11.3. The monoisotopic (exact) mass is 398 g/mol. The number of aliphatic hydroxyl groups excluding tert-OH is 1. The topological polar surface area (TPSA) is 38.7 Å². The standard InChI is InChI=1S/C26H38O3/c1-3-5-7-9-22-11-15-25(16-12-22)28-20-19-24(27)21-29-26-17-13-23(14-18-26)10-8-6-4-2/h11-18,24,27H,3-10,19-21H2,1-2H3. The second-order valence-corrected chi connectivity index (χ2v) is 7.80. The summed E-state index contributed by atoms with van der Waals surface area (Å²) in [6.45, 7) is 5.21. The van der Waals surface area contributed by atoms with E-state index in [1.807, 2.05) is 24.3 Å². The van der Waals surface area contributed by atoms with Crippen molar-refractivity contribution in [1.82, 2.24) is 0 Å². The fourth-order valence-electron chi connectivity index (χ4n) is 3.25. The van der Waals surface area contributed by atoms with E-state index in [0.717, 1.165) is 24.3 Å². The van der Waals surface area contributed by atoms with Crippen LogP contribution in [0.1, 0.15) is 69.9 Å². The first-order chi connectivity index (χ1) is 14.2. The predicted octanol–water partition coefficient (Wildman–Crippen LogP) is 6.36. The average Bonchev–Trinajstić information content (AvgIpc) is 2.75. The smallest absolute Gasteiger partial charge is 0.119 e. The molecule has 0 heterocycles. The minimum absolute atomic E-state index is 0.287. The van der Waals surface area contributed by atoms with E-state index in [1.54, 1.807) is 0 Å². The van der Waals surface area contributed by atoms with Crippen molar-refractivity contribution in [2.45, 2.75) is 77.7 Å². The third-order valence-electron chi connectivity index (χ3n) is 5.15. The van der Waals surface area contributed by atoms with Crippen LogP contribution in [-0.4, -0.2) is 24.4 Å². The third-order valence-corrected chi connectivity index (χ3v) is 5.15. The Hall–Kier alpha value is -2.00. The normalized spacial score (nSPS) is 12.0. The van der Waals surface area contributed by atoms with Crippen molar-refractivity contribution in [2.75, 3.05) is 13.2 Å². The minimum Gasteiger partial charge on any atom is -0.493 e. The zero-order valence-corrected chi connectivity index (χ0v) is 18.2. The fraction of sp³-hybridized carbons (Fsp3) is 0.538. The van der Waals surface area contributed by atoms with Gasteiger partial charge in [-0.15, -0.1) is 0 Å². The Balaban J connectivity index is 1.61. The molecule has 0 spiro atoms. The summed E-state index contributed by atoms with van der Waals surface area (Å²) in [5.74, 6) is 1.67. The first-order valence-corrected chi connectivity index (χ1v) is 11.3. The van der Waals surface area contributed by atoms with Crippen LogP contribution in [0.25, 0.3) is 0 Å². The number of aryl methyl sites for hydroxylation is 2. The van der Waals surface area contributed by atoms with Crippen LogP contribution in [0.15, 0.2) is 48.5 Å². The Labute approximate surface area is 177 Å². The maximum atomic E-state index is 10.1. The molecule has 0 aliphatic heterocycles. The van der Waals surface area contributed by atoms with Crippen molar-refractivity contribution in [1.29, 1.82) is 0 Å². The minimum atomic E-state index is -0.535. The van der Waals surface area contributed by atoms with Gasteiger partial charge in [0, 0.05) is 6.42 Å². The molecule has 2 aromatic carbocycles. The zero-order valence-electron chi connectivity index (χ0n) is 18.2. The lowest BCUT2D eigenvalue weighted by Gasteiger charge is -2.13. The van der Waals surface area contributed by atoms with Gasteiger partial charge < -0.3 is 14.6 Å². The Morgan fingerprint density at radius 1 is 0.690 bits per heavy atom. The Bertz CT molecular complexity index is 649. The SMILES string of the molecule is CCCCCc1ccc(OCCC(O)COc2ccc(CCCCC)cc2)cc1. The van der Waals surface area contributed by atoms with Gasteiger partial charge in [-0.25, -0.2) is 0 Å². The molecule has 1 atom stereocenters. The first-order valence-electron chi connectivity index (χ1n) is 11.3. The van der Waals surface area contributed by atoms with E-state index in [4.69, 9.17) is 9.47 Å². The molecule has 160 valence electrons. The highest BCUT2D eigenvalue weighted by Crippen LogP contribution is 2.16. The molecule has 1 N–H and O–H groups in total. The quantitative estimate of drug-likeness (QED) is 0.355. The fourth-order valence-corrected chi connectivity index (χ4v) is 3.25. The summed E-state index contributed by atoms with van der Waals surface area (Å²) >= 11 is 0. The highest BCUT2D eigenvalue weighted by molar-refractivity contribution is 5.28. The third kappa shape index (κ3) is 9.85. The van der Waals surface area contributed by atoms with Gasteiger partial charge in [-0.1, -0.05) is 63.8 Å². The Morgan fingerprint density at radius 3 is 1.66 bits per heavy atom. The van der Waals surface area contributed by atoms with Gasteiger partial charge in [-0.2, -0.15) is 0 Å². The number of benzene rings is 2. The van der Waals surface area contributed by atoms with Crippen LogP contribution in [0.4, 0.5) is 0 Å². The summed E-state index contributed by atoms with van der Waals surface area (Å²) in [6.07, 6.45) is 9.78. The van der Waals surface area contributed by atoms with Crippen LogP contribution in [0.3, 0.4) is 0 Å². The van der Waals surface area contributed by atoms with Crippen LogP contribution < -0.4 is 9.47 Å². The van der Waals surface area contributed by atoms with E-state index in [1.165, 1.54) is 49.7 Å². The maximum Gasteiger partial charge on any atom is 0.119 e. The lowest BCUT2D eigenvalue weighted by Crippen LogP contribution is -2.20. The average molecular weight is 399 g/mol. The predicted molar refractivity (Wildman–Crippen MR) is 121 cm³/mol. The van der Waals surface area contributed by atoms with Gasteiger partial charge in [0.2, 0.25) is 0 Å². The molecule has 0 radical (unpaired) electrons. The van der Waals surface area contributed by atoms with Gasteiger partial charge in [0.05, 0.1) is 12.7 Å². The number of aliphatic hydroxyl groups is 1. The molecular formula is C26H38O3.